The van der Waals surface area contributed by atoms with Gasteiger partial charge in [-0.1, -0.05) is 11.6 Å². The first kappa shape index (κ1) is 12.8. The number of nitrogens with one attached hydrogen (secondary N) is 1. The molecule has 0 unspecified atom stereocenters. The Kier molecular flexibility index (Phi) is 3.81. The Morgan fingerprint density at radius 3 is 2.89 bits per heavy atom. The third-order valence-corrected chi connectivity index (χ3v) is 2.97. The Balaban J connectivity index is 1.95. The summed E-state index contributed by atoms with van der Waals surface area (Å²) >= 11 is 5.88. The predicted molar refractivity (Wildman–Crippen MR) is 67.4 cm³/mol. The second-order valence-electron chi connectivity index (χ2n) is 4.36. The van der Waals surface area contributed by atoms with Crippen molar-refractivity contribution < 1.29 is 9.59 Å². The van der Waals surface area contributed by atoms with E-state index in [0.717, 1.165) is 12.8 Å². The van der Waals surface area contributed by atoms with E-state index in [1.165, 1.54) is 17.3 Å². The fourth-order valence-corrected chi connectivity index (χ4v) is 1.74. The van der Waals surface area contributed by atoms with E-state index in [2.05, 4.69) is 10.3 Å². The molecule has 0 radical (unpaired) electrons. The van der Waals surface area contributed by atoms with Crippen LogP contribution in [0.4, 0.5) is 0 Å². The second-order valence-corrected chi connectivity index (χ2v) is 4.77. The average Bonchev–Trinajstić information content (AvgIpc) is 3.12. The van der Waals surface area contributed by atoms with Crippen LogP contribution in [0.5, 0.6) is 0 Å². The maximum Gasteiger partial charge on any atom is 0.255 e. The minimum absolute atomic E-state index is 0.0357. The molecule has 96 valence electrons. The Bertz CT molecular complexity index is 474. The summed E-state index contributed by atoms with van der Waals surface area (Å²) in [6.45, 7) is 0.0357. The monoisotopic (exact) mass is 267 g/mol. The fourth-order valence-electron chi connectivity index (χ4n) is 1.54. The van der Waals surface area contributed by atoms with Crippen LogP contribution in [-0.4, -0.2) is 41.3 Å². The van der Waals surface area contributed by atoms with Gasteiger partial charge in [-0.25, -0.2) is 0 Å². The maximum atomic E-state index is 12.0. The number of likely N-dealkylation sites (N-methyl/N-ethyl adjacent to an activating group) is 1. The quantitative estimate of drug-likeness (QED) is 0.888. The molecule has 1 saturated carbocycles. The van der Waals surface area contributed by atoms with Gasteiger partial charge in [-0.05, 0) is 18.9 Å². The molecule has 5 nitrogen and oxygen atoms in total. The molecule has 0 spiro atoms. The zero-order valence-electron chi connectivity index (χ0n) is 10.0. The zero-order valence-corrected chi connectivity index (χ0v) is 10.8. The number of amides is 2. The van der Waals surface area contributed by atoms with Crippen molar-refractivity contribution in [2.75, 3.05) is 13.6 Å². The van der Waals surface area contributed by atoms with E-state index in [0.29, 0.717) is 11.6 Å². The van der Waals surface area contributed by atoms with Crippen molar-refractivity contribution in [3.8, 4) is 0 Å². The molecule has 1 aliphatic carbocycles. The van der Waals surface area contributed by atoms with Crippen LogP contribution >= 0.6 is 11.6 Å². The highest BCUT2D eigenvalue weighted by atomic mass is 35.5. The van der Waals surface area contributed by atoms with Gasteiger partial charge in [-0.15, -0.1) is 0 Å². The van der Waals surface area contributed by atoms with Crippen molar-refractivity contribution in [2.24, 2.45) is 0 Å². The van der Waals surface area contributed by atoms with Crippen molar-refractivity contribution in [1.82, 2.24) is 15.2 Å². The largest absolute Gasteiger partial charge is 0.352 e. The molecule has 0 aliphatic heterocycles. The highest BCUT2D eigenvalue weighted by Gasteiger charge is 2.24. The van der Waals surface area contributed by atoms with E-state index in [4.69, 9.17) is 11.6 Å². The molecule has 1 fully saturated rings. The Morgan fingerprint density at radius 1 is 1.56 bits per heavy atom. The predicted octanol–water partition coefficient (Wildman–Crippen LogP) is 1.09. The molecule has 6 heteroatoms. The van der Waals surface area contributed by atoms with Crippen LogP contribution in [0.3, 0.4) is 0 Å². The van der Waals surface area contributed by atoms with Gasteiger partial charge in [0.25, 0.3) is 5.91 Å². The molecule has 2 amide bonds. The lowest BCUT2D eigenvalue weighted by Gasteiger charge is -2.17. The van der Waals surface area contributed by atoms with E-state index in [1.807, 2.05) is 0 Å². The van der Waals surface area contributed by atoms with Gasteiger partial charge in [0, 0.05) is 25.5 Å². The number of hydrogen-bond donors (Lipinski definition) is 1. The molecule has 0 aromatic carbocycles. The molecular weight excluding hydrogens is 254 g/mol. The normalized spacial score (nSPS) is 14.1. The topological polar surface area (TPSA) is 62.3 Å². The minimum atomic E-state index is -0.284. The lowest BCUT2D eigenvalue weighted by Crippen LogP contribution is -2.39. The van der Waals surface area contributed by atoms with Gasteiger partial charge >= 0.3 is 0 Å². The summed E-state index contributed by atoms with van der Waals surface area (Å²) in [4.78, 5) is 28.8. The molecule has 2 rings (SSSR count). The molecule has 0 saturated heterocycles. The van der Waals surface area contributed by atoms with Gasteiger partial charge in [-0.2, -0.15) is 0 Å². The van der Waals surface area contributed by atoms with Crippen LogP contribution in [0.15, 0.2) is 18.5 Å². The number of hydrogen-bond acceptors (Lipinski definition) is 3. The second kappa shape index (κ2) is 5.35. The first-order chi connectivity index (χ1) is 8.58. The highest BCUT2D eigenvalue weighted by molar-refractivity contribution is 6.33. The van der Waals surface area contributed by atoms with E-state index in [9.17, 15) is 9.59 Å². The number of aromatic nitrogens is 1. The molecule has 0 atom stereocenters. The molecule has 1 aromatic heterocycles. The van der Waals surface area contributed by atoms with Gasteiger partial charge in [0.2, 0.25) is 5.91 Å². The van der Waals surface area contributed by atoms with Gasteiger partial charge in [-0.3, -0.25) is 14.6 Å². The van der Waals surface area contributed by atoms with E-state index in [-0.39, 0.29) is 23.4 Å². The van der Waals surface area contributed by atoms with Crippen LogP contribution < -0.4 is 5.32 Å². The highest BCUT2D eigenvalue weighted by Crippen LogP contribution is 2.18. The maximum absolute atomic E-state index is 12.0. The van der Waals surface area contributed by atoms with Crippen LogP contribution in [-0.2, 0) is 4.79 Å². The summed E-state index contributed by atoms with van der Waals surface area (Å²) in [5.41, 5.74) is 0.355. The fraction of sp³-hybridized carbons (Fsp3) is 0.417. The molecule has 1 N–H and O–H groups in total. The summed E-state index contributed by atoms with van der Waals surface area (Å²) in [6.07, 6.45) is 4.96. The molecule has 18 heavy (non-hydrogen) atoms. The van der Waals surface area contributed by atoms with Crippen LogP contribution in [0, 0.1) is 0 Å². The van der Waals surface area contributed by atoms with Crippen molar-refractivity contribution in [3.63, 3.8) is 0 Å². The van der Waals surface area contributed by atoms with E-state index < -0.39 is 0 Å². The number of rotatable bonds is 4. The van der Waals surface area contributed by atoms with Crippen molar-refractivity contribution in [1.29, 1.82) is 0 Å². The van der Waals surface area contributed by atoms with Crippen molar-refractivity contribution >= 4 is 23.4 Å². The molecule has 1 aliphatic rings. The molecular formula is C12H14ClN3O2. The SMILES string of the molecule is CN(CC(=O)NC1CC1)C(=O)c1ccncc1Cl. The smallest absolute Gasteiger partial charge is 0.255 e. The first-order valence-corrected chi connectivity index (χ1v) is 6.10. The number of halogens is 1. The van der Waals surface area contributed by atoms with Gasteiger partial charge in [0.1, 0.15) is 0 Å². The Morgan fingerprint density at radius 2 is 2.28 bits per heavy atom. The lowest BCUT2D eigenvalue weighted by molar-refractivity contribution is -0.121. The molecule has 1 aromatic rings. The zero-order chi connectivity index (χ0) is 13.1. The Hall–Kier alpha value is -1.62. The minimum Gasteiger partial charge on any atom is -0.352 e. The van der Waals surface area contributed by atoms with Crippen LogP contribution in [0.2, 0.25) is 5.02 Å². The Labute approximate surface area is 110 Å². The third kappa shape index (κ3) is 3.20. The number of pyridine rings is 1. The van der Waals surface area contributed by atoms with Crippen molar-refractivity contribution in [3.05, 3.63) is 29.0 Å². The van der Waals surface area contributed by atoms with Crippen LogP contribution in [0.1, 0.15) is 23.2 Å². The third-order valence-electron chi connectivity index (χ3n) is 2.67. The van der Waals surface area contributed by atoms with E-state index in [1.54, 1.807) is 13.1 Å². The van der Waals surface area contributed by atoms with Crippen LogP contribution in [0.25, 0.3) is 0 Å². The standard InChI is InChI=1S/C12H14ClN3O2/c1-16(7-11(17)15-8-2-3-8)12(18)9-4-5-14-6-10(9)13/h4-6,8H,2-3,7H2,1H3,(H,15,17). The average molecular weight is 268 g/mol. The number of carbonyl (C=O) groups excluding carboxylic acids is 2. The summed E-state index contributed by atoms with van der Waals surface area (Å²) < 4.78 is 0. The summed E-state index contributed by atoms with van der Waals surface area (Å²) in [7, 11) is 1.57. The summed E-state index contributed by atoms with van der Waals surface area (Å²) in [5, 5.41) is 3.12. The summed E-state index contributed by atoms with van der Waals surface area (Å²) in [5.74, 6) is -0.424. The first-order valence-electron chi connectivity index (χ1n) is 5.72. The van der Waals surface area contributed by atoms with Gasteiger partial charge in [0.15, 0.2) is 0 Å². The number of nitrogens with zero attached hydrogens (tertiary/aromatic N) is 2. The summed E-state index contributed by atoms with van der Waals surface area (Å²) in [6, 6.07) is 1.84. The molecule has 0 bridgehead atoms. The number of carbonyl (C=O) groups is 2. The van der Waals surface area contributed by atoms with Crippen molar-refractivity contribution in [2.45, 2.75) is 18.9 Å². The molecule has 1 heterocycles. The van der Waals surface area contributed by atoms with Gasteiger partial charge < -0.3 is 10.2 Å². The van der Waals surface area contributed by atoms with Gasteiger partial charge in [0.05, 0.1) is 17.1 Å². The van der Waals surface area contributed by atoms with E-state index >= 15 is 0 Å². The lowest BCUT2D eigenvalue weighted by atomic mass is 10.2.